The van der Waals surface area contributed by atoms with Crippen molar-refractivity contribution >= 4 is 43.6 Å². The Bertz CT molecular complexity index is 1340. The quantitative estimate of drug-likeness (QED) is 0.0670. The molecule has 1 fully saturated rings. The van der Waals surface area contributed by atoms with Gasteiger partial charge < -0.3 is 35.5 Å². The number of Topliss-reactive ketones (excluding diaryl/α,β-unsaturated/α-hetero) is 1. The average Bonchev–Trinajstić information content (AvgIpc) is 3.77. The topological polar surface area (TPSA) is 208 Å². The van der Waals surface area contributed by atoms with Gasteiger partial charge in [0.1, 0.15) is 29.8 Å². The number of hydrogen-bond acceptors (Lipinski definition) is 11. The minimum absolute atomic E-state index is 0.0946. The normalized spacial score (nSPS) is 18.6. The number of hydrogen-bond donors (Lipinski definition) is 4. The summed E-state index contributed by atoms with van der Waals surface area (Å²) in [5, 5.41) is 10.6. The molecular formula is C33H50N4O11P+. The smallest absolute Gasteiger partial charge is 0.428 e. The second-order valence-corrected chi connectivity index (χ2v) is 14.1. The Balaban J connectivity index is 2.30. The first-order valence-corrected chi connectivity index (χ1v) is 17.8. The number of ketones is 1. The molecule has 0 saturated carbocycles. The fourth-order valence-corrected chi connectivity index (χ4v) is 5.06. The minimum Gasteiger partial charge on any atom is -0.428 e. The molecule has 49 heavy (non-hydrogen) atoms. The van der Waals surface area contributed by atoms with Gasteiger partial charge in [-0.3, -0.25) is 24.0 Å². The lowest BCUT2D eigenvalue weighted by Gasteiger charge is -2.30. The van der Waals surface area contributed by atoms with Crippen LogP contribution in [-0.4, -0.2) is 91.5 Å². The highest BCUT2D eigenvalue weighted by molar-refractivity contribution is 7.38. The van der Waals surface area contributed by atoms with E-state index in [2.05, 4.69) is 21.3 Å². The number of benzene rings is 1. The number of nitrogens with one attached hydrogen (secondary N) is 4. The molecule has 0 radical (unpaired) electrons. The third kappa shape index (κ3) is 14.2. The summed E-state index contributed by atoms with van der Waals surface area (Å²) in [7, 11) is -2.06. The maximum absolute atomic E-state index is 13.8. The van der Waals surface area contributed by atoms with Gasteiger partial charge in [0, 0.05) is 6.92 Å². The standard InChI is InChI=1S/C33H49N4O11P/c1-19(2)16-25(35-29(40)24(34-22(6)38)15-14-23-12-10-9-11-13-23)30(41)37-27(21(5)48-32(43)45-18-47-49(8)44)31(42)36-26(20(3)4)28(39)33(7)17-46-33/h9-13,19-21,24-27H,14-18H2,1-8H3,(H3-,34,35,36,37,38,40,41,42)/p+1/t21-,24+,25+,26?,27+,33-/m1/s1. The molecule has 0 spiro atoms. The second kappa shape index (κ2) is 19.3. The SMILES string of the molecule is CC(=O)N[C@@H](CCc1ccccc1)C(=O)N[C@@H](CC(C)C)C(=O)N[C@H](C(=O)NC(C(=O)[C@@]1(C)CO1)C(C)C)[C@@H](C)OC(=O)OCO[P+](C)=O. The van der Waals surface area contributed by atoms with Crippen LogP contribution in [-0.2, 0) is 53.7 Å². The number of amides is 4. The van der Waals surface area contributed by atoms with E-state index in [9.17, 15) is 33.3 Å². The van der Waals surface area contributed by atoms with Gasteiger partial charge in [0.05, 0.1) is 12.6 Å². The van der Waals surface area contributed by atoms with Crippen LogP contribution in [0, 0.1) is 11.8 Å². The molecule has 1 heterocycles. The van der Waals surface area contributed by atoms with Crippen molar-refractivity contribution in [3.8, 4) is 0 Å². The molecule has 2 rings (SSSR count). The van der Waals surface area contributed by atoms with Crippen molar-refractivity contribution in [2.24, 2.45) is 11.8 Å². The molecule has 4 amide bonds. The van der Waals surface area contributed by atoms with Gasteiger partial charge in [0.15, 0.2) is 12.4 Å². The first-order chi connectivity index (χ1) is 22.9. The molecule has 1 aromatic carbocycles. The molecule has 0 bridgehead atoms. The Labute approximate surface area is 288 Å². The zero-order valence-corrected chi connectivity index (χ0v) is 30.3. The predicted molar refractivity (Wildman–Crippen MR) is 178 cm³/mol. The Morgan fingerprint density at radius 2 is 1.47 bits per heavy atom. The van der Waals surface area contributed by atoms with E-state index in [0.29, 0.717) is 6.42 Å². The molecule has 1 aromatic rings. The molecule has 16 heteroatoms. The summed E-state index contributed by atoms with van der Waals surface area (Å²) in [5.41, 5.74) is -0.0935. The molecule has 1 aliphatic rings. The van der Waals surface area contributed by atoms with Crippen LogP contribution in [0.25, 0.3) is 0 Å². The molecule has 0 aromatic heterocycles. The van der Waals surface area contributed by atoms with E-state index in [1.54, 1.807) is 20.8 Å². The number of ether oxygens (including phenoxy) is 3. The molecule has 7 atom stereocenters. The van der Waals surface area contributed by atoms with Crippen LogP contribution in [0.2, 0.25) is 0 Å². The summed E-state index contributed by atoms with van der Waals surface area (Å²) in [6, 6.07) is 4.72. The van der Waals surface area contributed by atoms with Gasteiger partial charge in [-0.05, 0) is 55.1 Å². The largest absolute Gasteiger partial charge is 0.510 e. The monoisotopic (exact) mass is 709 g/mol. The number of aryl methyl sites for hydroxylation is 1. The van der Waals surface area contributed by atoms with Gasteiger partial charge in [-0.1, -0.05) is 58.0 Å². The Morgan fingerprint density at radius 3 is 2.00 bits per heavy atom. The van der Waals surface area contributed by atoms with Crippen molar-refractivity contribution in [2.45, 2.75) is 104 Å². The zero-order chi connectivity index (χ0) is 36.9. The Hall–Kier alpha value is -3.94. The Kier molecular flexibility index (Phi) is 16.2. The zero-order valence-electron chi connectivity index (χ0n) is 29.4. The van der Waals surface area contributed by atoms with Gasteiger partial charge in [0.25, 0.3) is 0 Å². The highest BCUT2D eigenvalue weighted by atomic mass is 31.1. The first kappa shape index (κ1) is 41.2. The lowest BCUT2D eigenvalue weighted by Crippen LogP contribution is -2.61. The van der Waals surface area contributed by atoms with Gasteiger partial charge >= 0.3 is 14.2 Å². The minimum atomic E-state index is -2.06. The van der Waals surface area contributed by atoms with Crippen molar-refractivity contribution < 1.29 is 52.1 Å². The van der Waals surface area contributed by atoms with Crippen LogP contribution in [0.5, 0.6) is 0 Å². The van der Waals surface area contributed by atoms with E-state index in [1.165, 1.54) is 20.5 Å². The van der Waals surface area contributed by atoms with Crippen LogP contribution in [0.1, 0.15) is 66.9 Å². The van der Waals surface area contributed by atoms with Crippen LogP contribution >= 0.6 is 8.03 Å². The van der Waals surface area contributed by atoms with Crippen LogP contribution in [0.15, 0.2) is 30.3 Å². The summed E-state index contributed by atoms with van der Waals surface area (Å²) in [6.45, 7) is 12.1. The maximum Gasteiger partial charge on any atom is 0.510 e. The van der Waals surface area contributed by atoms with E-state index in [4.69, 9.17) is 18.7 Å². The van der Waals surface area contributed by atoms with Crippen molar-refractivity contribution in [2.75, 3.05) is 20.1 Å². The molecule has 0 aliphatic carbocycles. The van der Waals surface area contributed by atoms with Gasteiger partial charge in [-0.15, -0.1) is 4.52 Å². The van der Waals surface area contributed by atoms with Crippen molar-refractivity contribution in [3.05, 3.63) is 35.9 Å². The molecule has 4 N–H and O–H groups in total. The fourth-order valence-electron chi connectivity index (χ4n) is 4.85. The highest BCUT2D eigenvalue weighted by Crippen LogP contribution is 2.30. The second-order valence-electron chi connectivity index (χ2n) is 13.0. The van der Waals surface area contributed by atoms with Crippen molar-refractivity contribution in [1.82, 2.24) is 21.3 Å². The van der Waals surface area contributed by atoms with E-state index in [1.807, 2.05) is 44.2 Å². The fraction of sp³-hybridized carbons (Fsp3) is 0.636. The first-order valence-electron chi connectivity index (χ1n) is 16.2. The van der Waals surface area contributed by atoms with E-state index in [-0.39, 0.29) is 37.1 Å². The van der Waals surface area contributed by atoms with Gasteiger partial charge in [0.2, 0.25) is 30.4 Å². The van der Waals surface area contributed by atoms with Crippen LogP contribution in [0.4, 0.5) is 4.79 Å². The highest BCUT2D eigenvalue weighted by Gasteiger charge is 2.51. The predicted octanol–water partition coefficient (Wildman–Crippen LogP) is 2.53. The van der Waals surface area contributed by atoms with E-state index in [0.717, 1.165) is 5.56 Å². The summed E-state index contributed by atoms with van der Waals surface area (Å²) in [5.74, 6) is -3.45. The third-order valence-electron chi connectivity index (χ3n) is 7.69. The van der Waals surface area contributed by atoms with Crippen molar-refractivity contribution in [3.63, 3.8) is 0 Å². The maximum atomic E-state index is 13.8. The summed E-state index contributed by atoms with van der Waals surface area (Å²) < 4.78 is 31.2. The number of rotatable bonds is 20. The summed E-state index contributed by atoms with van der Waals surface area (Å²) >= 11 is 0. The van der Waals surface area contributed by atoms with Crippen molar-refractivity contribution in [1.29, 1.82) is 0 Å². The third-order valence-corrected chi connectivity index (χ3v) is 8.16. The average molecular weight is 710 g/mol. The van der Waals surface area contributed by atoms with E-state index < -0.39 is 80.5 Å². The van der Waals surface area contributed by atoms with Crippen LogP contribution in [0.3, 0.4) is 0 Å². The molecule has 1 saturated heterocycles. The summed E-state index contributed by atoms with van der Waals surface area (Å²) in [4.78, 5) is 78.5. The molecule has 1 aliphatic heterocycles. The molecule has 2 unspecified atom stereocenters. The van der Waals surface area contributed by atoms with E-state index >= 15 is 0 Å². The number of carbonyl (C=O) groups is 6. The molecule has 15 nitrogen and oxygen atoms in total. The molecular weight excluding hydrogens is 659 g/mol. The molecule has 272 valence electrons. The summed E-state index contributed by atoms with van der Waals surface area (Å²) in [6.07, 6.45) is -1.73. The Morgan fingerprint density at radius 1 is 0.878 bits per heavy atom. The number of carbonyl (C=O) groups excluding carboxylic acids is 6. The van der Waals surface area contributed by atoms with Crippen LogP contribution < -0.4 is 21.3 Å². The lowest BCUT2D eigenvalue weighted by molar-refractivity contribution is -0.137. The number of epoxide rings is 1. The van der Waals surface area contributed by atoms with Gasteiger partial charge in [-0.25, -0.2) is 4.79 Å². The lowest BCUT2D eigenvalue weighted by atomic mass is 9.91. The van der Waals surface area contributed by atoms with Gasteiger partial charge in [-0.2, -0.15) is 0 Å².